The molecule has 124 valence electrons. The lowest BCUT2D eigenvalue weighted by Gasteiger charge is -2.30. The molecule has 1 amide bonds. The van der Waals surface area contributed by atoms with Gasteiger partial charge >= 0.3 is 0 Å². The third-order valence-corrected chi connectivity index (χ3v) is 5.02. The number of hydrogen-bond acceptors (Lipinski definition) is 3. The summed E-state index contributed by atoms with van der Waals surface area (Å²) in [6.07, 6.45) is 1.84. The van der Waals surface area contributed by atoms with Crippen LogP contribution in [0.15, 0.2) is 54.6 Å². The van der Waals surface area contributed by atoms with Crippen LogP contribution in [0.5, 0.6) is 0 Å². The first-order valence-electron chi connectivity index (χ1n) is 8.58. The summed E-state index contributed by atoms with van der Waals surface area (Å²) < 4.78 is 5.44. The maximum Gasteiger partial charge on any atom is 0.235 e. The lowest BCUT2D eigenvalue weighted by molar-refractivity contribution is -0.118. The van der Waals surface area contributed by atoms with Gasteiger partial charge in [-0.15, -0.1) is 0 Å². The zero-order valence-electron chi connectivity index (χ0n) is 13.7. The van der Waals surface area contributed by atoms with Gasteiger partial charge in [-0.1, -0.05) is 42.5 Å². The van der Waals surface area contributed by atoms with Gasteiger partial charge in [-0.3, -0.25) is 4.79 Å². The van der Waals surface area contributed by atoms with Gasteiger partial charge in [0.1, 0.15) is 0 Å². The Labute approximate surface area is 142 Å². The fraction of sp³-hybridized carbons (Fsp3) is 0.350. The average molecular weight is 322 g/mol. The number of carbonyl (C=O) groups is 1. The van der Waals surface area contributed by atoms with Crippen LogP contribution < -0.4 is 10.2 Å². The van der Waals surface area contributed by atoms with Gasteiger partial charge in [0.2, 0.25) is 5.91 Å². The molecule has 1 aliphatic heterocycles. The first-order valence-corrected chi connectivity index (χ1v) is 8.58. The zero-order chi connectivity index (χ0) is 16.4. The van der Waals surface area contributed by atoms with Crippen molar-refractivity contribution < 1.29 is 9.53 Å². The molecule has 1 saturated heterocycles. The van der Waals surface area contributed by atoms with E-state index < -0.39 is 0 Å². The Morgan fingerprint density at radius 1 is 0.958 bits per heavy atom. The van der Waals surface area contributed by atoms with Crippen LogP contribution in [0.2, 0.25) is 0 Å². The van der Waals surface area contributed by atoms with E-state index in [1.807, 2.05) is 36.4 Å². The Morgan fingerprint density at radius 2 is 1.62 bits per heavy atom. The van der Waals surface area contributed by atoms with Crippen LogP contribution in [-0.4, -0.2) is 32.2 Å². The lowest BCUT2D eigenvalue weighted by atomic mass is 9.95. The van der Waals surface area contributed by atoms with Crippen LogP contribution >= 0.6 is 0 Å². The van der Waals surface area contributed by atoms with Gasteiger partial charge in [0.25, 0.3) is 0 Å². The summed E-state index contributed by atoms with van der Waals surface area (Å²) >= 11 is 0. The Morgan fingerprint density at radius 3 is 2.33 bits per heavy atom. The van der Waals surface area contributed by atoms with E-state index in [1.54, 1.807) is 0 Å². The second-order valence-corrected chi connectivity index (χ2v) is 6.52. The van der Waals surface area contributed by atoms with Gasteiger partial charge < -0.3 is 15.0 Å². The molecule has 2 aromatic rings. The van der Waals surface area contributed by atoms with E-state index in [2.05, 4.69) is 28.4 Å². The van der Waals surface area contributed by atoms with E-state index >= 15 is 0 Å². The first-order chi connectivity index (χ1) is 11.8. The third-order valence-electron chi connectivity index (χ3n) is 5.02. The summed E-state index contributed by atoms with van der Waals surface area (Å²) in [5, 5.41) is 3.19. The molecule has 0 spiro atoms. The summed E-state index contributed by atoms with van der Waals surface area (Å²) in [5.41, 5.74) is 2.75. The highest BCUT2D eigenvalue weighted by Gasteiger charge is 2.51. The molecular weight excluding hydrogens is 300 g/mol. The monoisotopic (exact) mass is 322 g/mol. The van der Waals surface area contributed by atoms with Crippen molar-refractivity contribution in [1.29, 1.82) is 0 Å². The predicted molar refractivity (Wildman–Crippen MR) is 95.5 cm³/mol. The zero-order valence-corrected chi connectivity index (χ0v) is 13.7. The number of carbonyl (C=O) groups excluding carboxylic acids is 1. The molecule has 0 atom stereocenters. The maximum atomic E-state index is 13.0. The van der Waals surface area contributed by atoms with Gasteiger partial charge in [0.05, 0.1) is 30.0 Å². The van der Waals surface area contributed by atoms with E-state index in [9.17, 15) is 4.79 Å². The standard InChI is InChI=1S/C20H22N2O2/c23-19(20(10-11-20)16-6-2-1-3-7-16)21-17-8-4-5-9-18(17)22-12-14-24-15-13-22/h1-9H,10-15H2,(H,21,23). The van der Waals surface area contributed by atoms with Crippen molar-refractivity contribution in [3.63, 3.8) is 0 Å². The quantitative estimate of drug-likeness (QED) is 0.940. The molecule has 24 heavy (non-hydrogen) atoms. The summed E-state index contributed by atoms with van der Waals surface area (Å²) in [7, 11) is 0. The molecule has 4 heteroatoms. The molecule has 1 saturated carbocycles. The van der Waals surface area contributed by atoms with Gasteiger partial charge in [0, 0.05) is 13.1 Å². The van der Waals surface area contributed by atoms with Crippen LogP contribution in [0, 0.1) is 0 Å². The molecule has 0 radical (unpaired) electrons. The van der Waals surface area contributed by atoms with Gasteiger partial charge in [-0.25, -0.2) is 0 Å². The average Bonchev–Trinajstić information content (AvgIpc) is 3.46. The number of anilines is 2. The summed E-state index contributed by atoms with van der Waals surface area (Å²) in [6.45, 7) is 3.18. The highest BCUT2D eigenvalue weighted by molar-refractivity contribution is 6.03. The number of amides is 1. The van der Waals surface area contributed by atoms with Crippen molar-refractivity contribution in [3.8, 4) is 0 Å². The smallest absolute Gasteiger partial charge is 0.235 e. The molecule has 1 heterocycles. The molecule has 0 bridgehead atoms. The molecule has 1 N–H and O–H groups in total. The van der Waals surface area contributed by atoms with E-state index in [1.165, 1.54) is 0 Å². The molecule has 0 unspecified atom stereocenters. The van der Waals surface area contributed by atoms with Crippen LogP contribution in [0.3, 0.4) is 0 Å². The second-order valence-electron chi connectivity index (χ2n) is 6.52. The minimum Gasteiger partial charge on any atom is -0.378 e. The fourth-order valence-electron chi connectivity index (χ4n) is 3.43. The van der Waals surface area contributed by atoms with E-state index in [-0.39, 0.29) is 11.3 Å². The highest BCUT2D eigenvalue weighted by Crippen LogP contribution is 2.49. The van der Waals surface area contributed by atoms with Crippen LogP contribution in [-0.2, 0) is 14.9 Å². The van der Waals surface area contributed by atoms with E-state index in [0.717, 1.165) is 56.1 Å². The Hall–Kier alpha value is -2.33. The summed E-state index contributed by atoms with van der Waals surface area (Å²) in [4.78, 5) is 15.3. The summed E-state index contributed by atoms with van der Waals surface area (Å²) in [6, 6.07) is 18.2. The maximum absolute atomic E-state index is 13.0. The molecular formula is C20H22N2O2. The minimum atomic E-state index is -0.348. The number of rotatable bonds is 4. The Balaban J connectivity index is 1.56. The molecule has 2 aromatic carbocycles. The SMILES string of the molecule is O=C(Nc1ccccc1N1CCOCC1)C1(c2ccccc2)CC1. The number of para-hydroxylation sites is 2. The first kappa shape index (κ1) is 15.2. The van der Waals surface area contributed by atoms with Crippen LogP contribution in [0.4, 0.5) is 11.4 Å². The molecule has 4 nitrogen and oxygen atoms in total. The minimum absolute atomic E-state index is 0.106. The van der Waals surface area contributed by atoms with Crippen molar-refractivity contribution in [3.05, 3.63) is 60.2 Å². The molecule has 2 aliphatic rings. The van der Waals surface area contributed by atoms with Crippen LogP contribution in [0.1, 0.15) is 18.4 Å². The molecule has 2 fully saturated rings. The van der Waals surface area contributed by atoms with Crippen LogP contribution in [0.25, 0.3) is 0 Å². The van der Waals surface area contributed by atoms with Crippen molar-refractivity contribution in [2.75, 3.05) is 36.5 Å². The lowest BCUT2D eigenvalue weighted by Crippen LogP contribution is -2.37. The predicted octanol–water partition coefficient (Wildman–Crippen LogP) is 3.19. The summed E-state index contributed by atoms with van der Waals surface area (Å²) in [5.74, 6) is 0.106. The number of ether oxygens (including phenoxy) is 1. The van der Waals surface area contributed by atoms with Gasteiger partial charge in [0.15, 0.2) is 0 Å². The second kappa shape index (κ2) is 6.29. The Bertz CT molecular complexity index is 719. The Kier molecular flexibility index (Phi) is 3.98. The highest BCUT2D eigenvalue weighted by atomic mass is 16.5. The topological polar surface area (TPSA) is 41.6 Å². The van der Waals surface area contributed by atoms with Gasteiger partial charge in [-0.2, -0.15) is 0 Å². The fourth-order valence-corrected chi connectivity index (χ4v) is 3.43. The molecule has 1 aliphatic carbocycles. The van der Waals surface area contributed by atoms with Crippen molar-refractivity contribution in [2.24, 2.45) is 0 Å². The number of morpholine rings is 1. The number of nitrogens with one attached hydrogen (secondary N) is 1. The van der Waals surface area contributed by atoms with E-state index in [0.29, 0.717) is 0 Å². The van der Waals surface area contributed by atoms with Crippen molar-refractivity contribution in [1.82, 2.24) is 0 Å². The molecule has 4 rings (SSSR count). The number of benzene rings is 2. The third kappa shape index (κ3) is 2.78. The number of hydrogen-bond donors (Lipinski definition) is 1. The van der Waals surface area contributed by atoms with E-state index in [4.69, 9.17) is 4.74 Å². The van der Waals surface area contributed by atoms with Crippen molar-refractivity contribution >= 4 is 17.3 Å². The largest absolute Gasteiger partial charge is 0.378 e. The van der Waals surface area contributed by atoms with Crippen molar-refractivity contribution in [2.45, 2.75) is 18.3 Å². The molecule has 0 aromatic heterocycles. The van der Waals surface area contributed by atoms with Gasteiger partial charge in [-0.05, 0) is 30.5 Å². The normalized spacial score (nSPS) is 18.9. The number of nitrogens with zero attached hydrogens (tertiary/aromatic N) is 1.